The average molecular weight is 232 g/mol. The molecule has 2 N–H and O–H groups in total. The van der Waals surface area contributed by atoms with E-state index in [9.17, 15) is 0 Å². The van der Waals surface area contributed by atoms with Crippen molar-refractivity contribution in [2.45, 2.75) is 25.3 Å². The van der Waals surface area contributed by atoms with E-state index in [1.807, 2.05) is 4.90 Å². The molecule has 1 aliphatic heterocycles. The number of nitrogens with two attached hydrogens (primary N) is 1. The number of nitriles is 1. The first-order valence-electron chi connectivity index (χ1n) is 5.80. The Morgan fingerprint density at radius 2 is 2.53 bits per heavy atom. The number of nitrogen functional groups attached to an aromatic ring is 1. The number of hydrogen-bond acceptors (Lipinski definition) is 5. The Balaban J connectivity index is 1.78. The molecule has 1 atom stereocenters. The highest BCUT2D eigenvalue weighted by molar-refractivity contribution is 5.35. The van der Waals surface area contributed by atoms with E-state index in [-0.39, 0.29) is 0 Å². The normalized spacial score (nSPS) is 19.0. The SMILES string of the molecule is N#CN1CCCC1CCOc1ccnc(N)c1. The number of nitrogens with zero attached hydrogens (tertiary/aromatic N) is 3. The fraction of sp³-hybridized carbons (Fsp3) is 0.500. The lowest BCUT2D eigenvalue weighted by molar-refractivity contribution is 0.253. The first-order valence-corrected chi connectivity index (χ1v) is 5.80. The highest BCUT2D eigenvalue weighted by Crippen LogP contribution is 2.19. The van der Waals surface area contributed by atoms with Crippen molar-refractivity contribution in [1.82, 2.24) is 9.88 Å². The van der Waals surface area contributed by atoms with E-state index in [4.69, 9.17) is 15.7 Å². The number of pyridine rings is 1. The standard InChI is InChI=1S/C12H16N4O/c13-9-16-6-1-2-10(16)4-7-17-11-3-5-15-12(14)8-11/h3,5,8,10H,1-2,4,6-7H2,(H2,14,15). The summed E-state index contributed by atoms with van der Waals surface area (Å²) in [5.74, 6) is 1.20. The Morgan fingerprint density at radius 3 is 3.29 bits per heavy atom. The van der Waals surface area contributed by atoms with Gasteiger partial charge in [-0.15, -0.1) is 0 Å². The zero-order valence-electron chi connectivity index (χ0n) is 9.67. The lowest BCUT2D eigenvalue weighted by Crippen LogP contribution is -2.26. The van der Waals surface area contributed by atoms with Crippen LogP contribution in [0.1, 0.15) is 19.3 Å². The van der Waals surface area contributed by atoms with Crippen LogP contribution < -0.4 is 10.5 Å². The van der Waals surface area contributed by atoms with Gasteiger partial charge in [0.2, 0.25) is 0 Å². The summed E-state index contributed by atoms with van der Waals surface area (Å²) in [4.78, 5) is 5.73. The van der Waals surface area contributed by atoms with Crippen molar-refractivity contribution in [1.29, 1.82) is 5.26 Å². The molecule has 0 aromatic carbocycles. The fourth-order valence-electron chi connectivity index (χ4n) is 2.10. The first-order chi connectivity index (χ1) is 8.29. The largest absolute Gasteiger partial charge is 0.493 e. The molecule has 2 heterocycles. The molecule has 17 heavy (non-hydrogen) atoms. The summed E-state index contributed by atoms with van der Waals surface area (Å²) >= 11 is 0. The van der Waals surface area contributed by atoms with E-state index in [2.05, 4.69) is 11.2 Å². The van der Waals surface area contributed by atoms with Crippen molar-refractivity contribution < 1.29 is 4.74 Å². The van der Waals surface area contributed by atoms with Gasteiger partial charge in [-0.1, -0.05) is 0 Å². The van der Waals surface area contributed by atoms with Gasteiger partial charge in [0, 0.05) is 31.3 Å². The number of likely N-dealkylation sites (tertiary alicyclic amines) is 1. The second-order valence-corrected chi connectivity index (χ2v) is 4.14. The zero-order valence-corrected chi connectivity index (χ0v) is 9.67. The second-order valence-electron chi connectivity index (χ2n) is 4.14. The number of anilines is 1. The summed E-state index contributed by atoms with van der Waals surface area (Å²) in [7, 11) is 0. The summed E-state index contributed by atoms with van der Waals surface area (Å²) in [5, 5.41) is 8.90. The van der Waals surface area contributed by atoms with Crippen LogP contribution in [0.25, 0.3) is 0 Å². The van der Waals surface area contributed by atoms with E-state index in [1.165, 1.54) is 0 Å². The molecule has 1 aromatic heterocycles. The highest BCUT2D eigenvalue weighted by Gasteiger charge is 2.22. The van der Waals surface area contributed by atoms with Gasteiger partial charge in [-0.05, 0) is 18.9 Å². The fourth-order valence-corrected chi connectivity index (χ4v) is 2.10. The summed E-state index contributed by atoms with van der Waals surface area (Å²) in [5.41, 5.74) is 5.55. The van der Waals surface area contributed by atoms with Gasteiger partial charge in [0.15, 0.2) is 6.19 Å². The van der Waals surface area contributed by atoms with Crippen molar-refractivity contribution >= 4 is 5.82 Å². The van der Waals surface area contributed by atoms with Crippen molar-refractivity contribution in [2.75, 3.05) is 18.9 Å². The molecule has 0 aliphatic carbocycles. The summed E-state index contributed by atoms with van der Waals surface area (Å²) in [6.07, 6.45) is 6.89. The number of hydrogen-bond donors (Lipinski definition) is 1. The molecule has 1 unspecified atom stereocenters. The Bertz CT molecular complexity index is 415. The van der Waals surface area contributed by atoms with Crippen molar-refractivity contribution in [2.24, 2.45) is 0 Å². The van der Waals surface area contributed by atoms with Gasteiger partial charge in [-0.2, -0.15) is 5.26 Å². The van der Waals surface area contributed by atoms with Gasteiger partial charge >= 0.3 is 0 Å². The van der Waals surface area contributed by atoms with Crippen LogP contribution in [0.5, 0.6) is 5.75 Å². The number of aromatic nitrogens is 1. The van der Waals surface area contributed by atoms with Crippen LogP contribution in [0, 0.1) is 11.5 Å². The molecule has 90 valence electrons. The maximum atomic E-state index is 8.90. The molecule has 5 nitrogen and oxygen atoms in total. The summed E-state index contributed by atoms with van der Waals surface area (Å²) in [6, 6.07) is 3.82. The third-order valence-electron chi connectivity index (χ3n) is 2.98. The van der Waals surface area contributed by atoms with E-state index >= 15 is 0 Å². The first kappa shape index (κ1) is 11.5. The average Bonchev–Trinajstić information content (AvgIpc) is 2.77. The number of rotatable bonds is 4. The van der Waals surface area contributed by atoms with Gasteiger partial charge in [-0.3, -0.25) is 0 Å². The van der Waals surface area contributed by atoms with Gasteiger partial charge in [0.1, 0.15) is 11.6 Å². The predicted molar refractivity (Wildman–Crippen MR) is 64.1 cm³/mol. The zero-order chi connectivity index (χ0) is 12.1. The van der Waals surface area contributed by atoms with Crippen LogP contribution in [0.4, 0.5) is 5.82 Å². The second kappa shape index (κ2) is 5.39. The van der Waals surface area contributed by atoms with Gasteiger partial charge < -0.3 is 15.4 Å². The minimum absolute atomic E-state index is 0.333. The number of ether oxygens (including phenoxy) is 1. The van der Waals surface area contributed by atoms with Gasteiger partial charge in [0.25, 0.3) is 0 Å². The molecule has 1 fully saturated rings. The van der Waals surface area contributed by atoms with Gasteiger partial charge in [0.05, 0.1) is 6.61 Å². The minimum Gasteiger partial charge on any atom is -0.493 e. The molecule has 0 saturated carbocycles. The topological polar surface area (TPSA) is 75.2 Å². The molecule has 0 amide bonds. The van der Waals surface area contributed by atoms with Crippen LogP contribution in [0.15, 0.2) is 18.3 Å². The smallest absolute Gasteiger partial charge is 0.179 e. The molecule has 0 spiro atoms. The molecule has 1 aliphatic rings. The molecular formula is C12H16N4O. The van der Waals surface area contributed by atoms with E-state index in [1.54, 1.807) is 18.3 Å². The molecule has 0 radical (unpaired) electrons. The summed E-state index contributed by atoms with van der Waals surface area (Å²) < 4.78 is 5.59. The molecule has 2 rings (SSSR count). The van der Waals surface area contributed by atoms with E-state index in [0.29, 0.717) is 18.5 Å². The van der Waals surface area contributed by atoms with Crippen molar-refractivity contribution in [3.8, 4) is 11.9 Å². The Kier molecular flexibility index (Phi) is 3.66. The maximum absolute atomic E-state index is 8.90. The quantitative estimate of drug-likeness (QED) is 0.794. The van der Waals surface area contributed by atoms with Crippen molar-refractivity contribution in [3.05, 3.63) is 18.3 Å². The predicted octanol–water partition coefficient (Wildman–Crippen LogP) is 1.38. The Morgan fingerprint density at radius 1 is 1.65 bits per heavy atom. The van der Waals surface area contributed by atoms with E-state index < -0.39 is 0 Å². The Labute approximate surface area is 101 Å². The molecular weight excluding hydrogens is 216 g/mol. The van der Waals surface area contributed by atoms with Gasteiger partial charge in [-0.25, -0.2) is 4.98 Å². The third kappa shape index (κ3) is 3.00. The lowest BCUT2D eigenvalue weighted by Gasteiger charge is -2.18. The lowest BCUT2D eigenvalue weighted by atomic mass is 10.1. The molecule has 0 bridgehead atoms. The van der Waals surface area contributed by atoms with Crippen LogP contribution >= 0.6 is 0 Å². The highest BCUT2D eigenvalue weighted by atomic mass is 16.5. The minimum atomic E-state index is 0.333. The molecule has 5 heteroatoms. The van der Waals surface area contributed by atoms with Crippen molar-refractivity contribution in [3.63, 3.8) is 0 Å². The van der Waals surface area contributed by atoms with Crippen LogP contribution in [0.2, 0.25) is 0 Å². The molecule has 1 aromatic rings. The van der Waals surface area contributed by atoms with Crippen LogP contribution in [0.3, 0.4) is 0 Å². The van der Waals surface area contributed by atoms with Crippen LogP contribution in [-0.2, 0) is 0 Å². The monoisotopic (exact) mass is 232 g/mol. The maximum Gasteiger partial charge on any atom is 0.179 e. The third-order valence-corrected chi connectivity index (χ3v) is 2.98. The van der Waals surface area contributed by atoms with Crippen LogP contribution in [-0.4, -0.2) is 29.1 Å². The molecule has 1 saturated heterocycles. The Hall–Kier alpha value is -1.96. The summed E-state index contributed by atoms with van der Waals surface area (Å²) in [6.45, 7) is 1.48. The van der Waals surface area contributed by atoms with E-state index in [0.717, 1.165) is 31.6 Å².